The molecule has 1 N–H and O–H groups in total. The molecule has 0 amide bonds. The fourth-order valence-electron chi connectivity index (χ4n) is 2.28. The summed E-state index contributed by atoms with van der Waals surface area (Å²) in [6, 6.07) is 11.4. The molecule has 0 radical (unpaired) electrons. The first-order valence-electron chi connectivity index (χ1n) is 6.31. The van der Waals surface area contributed by atoms with Gasteiger partial charge in [0, 0.05) is 11.5 Å². The molecule has 2 heterocycles. The standard InChI is InChI=1S/C15H9FN4O/c16-12-7-9(21)5-6-10(12)14-18-15-11-3-1-2-4-13(11)17-8-20(15)19-14/h1-8,21H. The number of hydrogen-bond donors (Lipinski definition) is 1. The van der Waals surface area contributed by atoms with Crippen molar-refractivity contribution in [3.8, 4) is 17.1 Å². The van der Waals surface area contributed by atoms with Gasteiger partial charge in [0.05, 0.1) is 11.1 Å². The fraction of sp³-hybridized carbons (Fsp3) is 0. The summed E-state index contributed by atoms with van der Waals surface area (Å²) >= 11 is 0. The first kappa shape index (κ1) is 11.8. The zero-order chi connectivity index (χ0) is 14.4. The average Bonchev–Trinajstić information content (AvgIpc) is 2.91. The van der Waals surface area contributed by atoms with Crippen molar-refractivity contribution in [3.05, 3.63) is 54.6 Å². The summed E-state index contributed by atoms with van der Waals surface area (Å²) < 4.78 is 15.4. The molecule has 6 heteroatoms. The van der Waals surface area contributed by atoms with Gasteiger partial charge in [-0.2, -0.15) is 0 Å². The van der Waals surface area contributed by atoms with Crippen molar-refractivity contribution < 1.29 is 9.50 Å². The molecule has 0 saturated carbocycles. The van der Waals surface area contributed by atoms with Crippen LogP contribution in [-0.4, -0.2) is 24.7 Å². The molecule has 4 aromatic rings. The van der Waals surface area contributed by atoms with Crippen LogP contribution in [0.4, 0.5) is 4.39 Å². The number of nitrogens with zero attached hydrogens (tertiary/aromatic N) is 4. The minimum absolute atomic E-state index is 0.132. The van der Waals surface area contributed by atoms with Gasteiger partial charge in [-0.05, 0) is 24.3 Å². The largest absolute Gasteiger partial charge is 0.508 e. The van der Waals surface area contributed by atoms with Crippen LogP contribution >= 0.6 is 0 Å². The highest BCUT2D eigenvalue weighted by Gasteiger charge is 2.13. The molecule has 0 atom stereocenters. The summed E-state index contributed by atoms with van der Waals surface area (Å²) in [5.41, 5.74) is 1.65. The van der Waals surface area contributed by atoms with Gasteiger partial charge in [-0.15, -0.1) is 5.10 Å². The zero-order valence-electron chi connectivity index (χ0n) is 10.7. The number of halogens is 1. The van der Waals surface area contributed by atoms with Crippen molar-refractivity contribution in [2.75, 3.05) is 0 Å². The van der Waals surface area contributed by atoms with Gasteiger partial charge < -0.3 is 5.11 Å². The Kier molecular flexibility index (Phi) is 2.38. The van der Waals surface area contributed by atoms with Crippen LogP contribution in [0.15, 0.2) is 48.8 Å². The molecule has 0 saturated heterocycles. The Balaban J connectivity index is 2.00. The Morgan fingerprint density at radius 3 is 2.81 bits per heavy atom. The van der Waals surface area contributed by atoms with Gasteiger partial charge in [0.25, 0.3) is 0 Å². The molecule has 2 aromatic carbocycles. The number of phenolic OH excluding ortho intramolecular Hbond substituents is 1. The van der Waals surface area contributed by atoms with Crippen LogP contribution in [0.2, 0.25) is 0 Å². The second-order valence-corrected chi connectivity index (χ2v) is 4.63. The van der Waals surface area contributed by atoms with Crippen LogP contribution in [-0.2, 0) is 0 Å². The van der Waals surface area contributed by atoms with Gasteiger partial charge in [0.15, 0.2) is 11.5 Å². The average molecular weight is 280 g/mol. The van der Waals surface area contributed by atoms with Crippen molar-refractivity contribution in [1.29, 1.82) is 0 Å². The second-order valence-electron chi connectivity index (χ2n) is 4.63. The maximum absolute atomic E-state index is 13.9. The zero-order valence-corrected chi connectivity index (χ0v) is 10.7. The molecule has 0 aliphatic rings. The summed E-state index contributed by atoms with van der Waals surface area (Å²) in [4.78, 5) is 8.67. The third-order valence-corrected chi connectivity index (χ3v) is 3.28. The minimum atomic E-state index is -0.567. The predicted octanol–water partition coefficient (Wildman–Crippen LogP) is 2.79. The van der Waals surface area contributed by atoms with Gasteiger partial charge in [0.1, 0.15) is 17.9 Å². The van der Waals surface area contributed by atoms with Crippen LogP contribution in [0.1, 0.15) is 0 Å². The predicted molar refractivity (Wildman–Crippen MR) is 75.3 cm³/mol. The van der Waals surface area contributed by atoms with Gasteiger partial charge in [0.2, 0.25) is 0 Å². The normalized spacial score (nSPS) is 11.3. The molecular formula is C15H9FN4O. The summed E-state index contributed by atoms with van der Waals surface area (Å²) in [5, 5.41) is 14.4. The van der Waals surface area contributed by atoms with E-state index in [1.54, 1.807) is 6.33 Å². The maximum atomic E-state index is 13.9. The molecule has 0 unspecified atom stereocenters. The number of para-hydroxylation sites is 1. The quantitative estimate of drug-likeness (QED) is 0.582. The lowest BCUT2D eigenvalue weighted by Crippen LogP contribution is -1.91. The van der Waals surface area contributed by atoms with Crippen molar-refractivity contribution in [2.45, 2.75) is 0 Å². The van der Waals surface area contributed by atoms with E-state index in [0.717, 1.165) is 17.0 Å². The SMILES string of the molecule is Oc1ccc(-c2nc3c4ccccc4ncn3n2)c(F)c1. The molecule has 0 bridgehead atoms. The molecule has 0 aliphatic carbocycles. The summed E-state index contributed by atoms with van der Waals surface area (Å²) in [5.74, 6) is -0.444. The van der Waals surface area contributed by atoms with Crippen LogP contribution < -0.4 is 0 Å². The number of rotatable bonds is 1. The fourth-order valence-corrected chi connectivity index (χ4v) is 2.28. The molecule has 102 valence electrons. The maximum Gasteiger partial charge on any atom is 0.185 e. The Morgan fingerprint density at radius 2 is 1.95 bits per heavy atom. The monoisotopic (exact) mass is 280 g/mol. The van der Waals surface area contributed by atoms with Gasteiger partial charge in [-0.25, -0.2) is 18.9 Å². The number of fused-ring (bicyclic) bond motifs is 3. The number of benzene rings is 2. The molecule has 21 heavy (non-hydrogen) atoms. The first-order chi connectivity index (χ1) is 10.2. The van der Waals surface area contributed by atoms with Crippen molar-refractivity contribution in [3.63, 3.8) is 0 Å². The lowest BCUT2D eigenvalue weighted by Gasteiger charge is -1.97. The summed E-state index contributed by atoms with van der Waals surface area (Å²) in [7, 11) is 0. The molecule has 0 spiro atoms. The number of phenols is 1. The van der Waals surface area contributed by atoms with E-state index in [-0.39, 0.29) is 17.1 Å². The third kappa shape index (κ3) is 1.80. The van der Waals surface area contributed by atoms with Gasteiger partial charge in [-0.1, -0.05) is 12.1 Å². The summed E-state index contributed by atoms with van der Waals surface area (Å²) in [6.07, 6.45) is 1.55. The highest BCUT2D eigenvalue weighted by Crippen LogP contribution is 2.25. The van der Waals surface area contributed by atoms with Crippen LogP contribution in [0, 0.1) is 5.82 Å². The molecule has 4 rings (SSSR count). The molecule has 0 fully saturated rings. The van der Waals surface area contributed by atoms with E-state index in [0.29, 0.717) is 5.65 Å². The van der Waals surface area contributed by atoms with Gasteiger partial charge >= 0.3 is 0 Å². The second kappa shape index (κ2) is 4.24. The van der Waals surface area contributed by atoms with Crippen LogP contribution in [0.3, 0.4) is 0 Å². The number of aromatic hydroxyl groups is 1. The van der Waals surface area contributed by atoms with E-state index in [4.69, 9.17) is 0 Å². The topological polar surface area (TPSA) is 63.3 Å². The molecule has 2 aromatic heterocycles. The van der Waals surface area contributed by atoms with E-state index >= 15 is 0 Å². The van der Waals surface area contributed by atoms with E-state index in [1.807, 2.05) is 24.3 Å². The van der Waals surface area contributed by atoms with Crippen LogP contribution in [0.25, 0.3) is 27.9 Å². The smallest absolute Gasteiger partial charge is 0.185 e. The first-order valence-corrected chi connectivity index (χ1v) is 6.31. The summed E-state index contributed by atoms with van der Waals surface area (Å²) in [6.45, 7) is 0. The number of hydrogen-bond acceptors (Lipinski definition) is 4. The minimum Gasteiger partial charge on any atom is -0.508 e. The number of aromatic nitrogens is 4. The Labute approximate surface area is 118 Å². The third-order valence-electron chi connectivity index (χ3n) is 3.28. The van der Waals surface area contributed by atoms with E-state index in [1.165, 1.54) is 16.6 Å². The Bertz CT molecular complexity index is 980. The van der Waals surface area contributed by atoms with Crippen molar-refractivity contribution in [2.24, 2.45) is 0 Å². The van der Waals surface area contributed by atoms with Gasteiger partial charge in [-0.3, -0.25) is 0 Å². The van der Waals surface area contributed by atoms with E-state index in [2.05, 4.69) is 15.1 Å². The van der Waals surface area contributed by atoms with Crippen molar-refractivity contribution in [1.82, 2.24) is 19.6 Å². The van der Waals surface area contributed by atoms with Crippen LogP contribution in [0.5, 0.6) is 5.75 Å². The lowest BCUT2D eigenvalue weighted by atomic mass is 10.2. The molecule has 0 aliphatic heterocycles. The van der Waals surface area contributed by atoms with E-state index in [9.17, 15) is 9.50 Å². The molecular weight excluding hydrogens is 271 g/mol. The lowest BCUT2D eigenvalue weighted by molar-refractivity contribution is 0.469. The highest BCUT2D eigenvalue weighted by atomic mass is 19.1. The Hall–Kier alpha value is -3.02. The Morgan fingerprint density at radius 1 is 1.10 bits per heavy atom. The highest BCUT2D eigenvalue weighted by molar-refractivity contribution is 5.91. The molecule has 5 nitrogen and oxygen atoms in total. The van der Waals surface area contributed by atoms with E-state index < -0.39 is 5.82 Å². The van der Waals surface area contributed by atoms with Crippen molar-refractivity contribution >= 4 is 16.6 Å².